The van der Waals surface area contributed by atoms with Gasteiger partial charge in [0.2, 0.25) is 0 Å². The van der Waals surface area contributed by atoms with Crippen molar-refractivity contribution in [1.29, 1.82) is 0 Å². The molecule has 0 radical (unpaired) electrons. The number of benzene rings is 1. The van der Waals surface area contributed by atoms with Crippen LogP contribution in [0.1, 0.15) is 30.0 Å². The Morgan fingerprint density at radius 3 is 2.34 bits per heavy atom. The number of hydrogen-bond donors (Lipinski definition) is 6. The Kier molecular flexibility index (Phi) is 11.1. The summed E-state index contributed by atoms with van der Waals surface area (Å²) in [6.07, 6.45) is 1.57. The lowest BCUT2D eigenvalue weighted by Gasteiger charge is -2.50. The van der Waals surface area contributed by atoms with Gasteiger partial charge in [-0.15, -0.1) is 15.6 Å². The fourth-order valence-corrected chi connectivity index (χ4v) is 5.24. The van der Waals surface area contributed by atoms with Crippen LogP contribution in [-0.4, -0.2) is 95.4 Å². The fourth-order valence-electron chi connectivity index (χ4n) is 4.24. The van der Waals surface area contributed by atoms with E-state index in [0.29, 0.717) is 10.8 Å². The first-order chi connectivity index (χ1) is 22.2. The molecule has 1 aromatic carbocycles. The number of nitrogens with zero attached hydrogens (tertiary/aromatic N) is 4. The number of ether oxygens (including phenoxy) is 1. The van der Waals surface area contributed by atoms with E-state index < -0.39 is 33.8 Å². The van der Waals surface area contributed by atoms with Crippen LogP contribution in [0.3, 0.4) is 0 Å². The highest BCUT2D eigenvalue weighted by Gasteiger charge is 2.58. The van der Waals surface area contributed by atoms with E-state index in [0.717, 1.165) is 22.5 Å². The molecule has 0 saturated carbocycles. The molecule has 0 spiro atoms. The van der Waals surface area contributed by atoms with Crippen molar-refractivity contribution in [3.63, 3.8) is 0 Å². The Hall–Kier alpha value is -4.73. The molecular formula is C27H33N9O9S2. The van der Waals surface area contributed by atoms with Gasteiger partial charge in [0.05, 0.1) is 11.6 Å². The number of nitrogen functional groups attached to an aromatic ring is 1. The van der Waals surface area contributed by atoms with Crippen molar-refractivity contribution in [2.45, 2.75) is 31.5 Å². The first-order valence-electron chi connectivity index (χ1n) is 13.9. The Bertz CT molecular complexity index is 1730. The van der Waals surface area contributed by atoms with E-state index in [2.05, 4.69) is 30.0 Å². The van der Waals surface area contributed by atoms with E-state index in [1.807, 2.05) is 12.1 Å². The van der Waals surface area contributed by atoms with Gasteiger partial charge in [0.1, 0.15) is 29.8 Å². The van der Waals surface area contributed by atoms with Gasteiger partial charge in [-0.1, -0.05) is 23.4 Å². The van der Waals surface area contributed by atoms with Crippen LogP contribution in [0.25, 0.3) is 11.1 Å². The van der Waals surface area contributed by atoms with Gasteiger partial charge in [0, 0.05) is 30.2 Å². The van der Waals surface area contributed by atoms with Crippen LogP contribution in [0.2, 0.25) is 0 Å². The number of amides is 3. The minimum absolute atomic E-state index is 0.0466. The number of pyridine rings is 1. The number of carbonyl (C=O) groups is 3. The summed E-state index contributed by atoms with van der Waals surface area (Å²) in [6.45, 7) is 3.24. The summed E-state index contributed by atoms with van der Waals surface area (Å²) in [4.78, 5) is 51.4. The van der Waals surface area contributed by atoms with Gasteiger partial charge in [-0.2, -0.15) is 13.5 Å². The minimum atomic E-state index is -4.96. The number of carbonyl (C=O) groups excluding carboxylic acids is 3. The Morgan fingerprint density at radius 2 is 1.79 bits per heavy atom. The van der Waals surface area contributed by atoms with Gasteiger partial charge >= 0.3 is 10.4 Å². The molecule has 3 heterocycles. The fraction of sp³-hybridized carbons (Fsp3) is 0.333. The standard InChI is InChI=1S/C27H33N9O9S2/c1-27(2)22(25(39)36(27)45-47(40,41)42)34-24(38)21(20-14-46-26(30)33-20)35-44-10-9-43-18-6-3-15(4-7-18)16-5-8-19(31-13-16)23(37)32-17(11-28)12-29/h3-8,13-14,17,22H,9-12,28-29H2,1-2H3,(H2,30,33)(H,32,37)(H,34,38)(H,40,41,42)/b35-21-. The minimum Gasteiger partial charge on any atom is -0.490 e. The molecule has 9 N–H and O–H groups in total. The van der Waals surface area contributed by atoms with Crippen molar-refractivity contribution in [2.24, 2.45) is 16.6 Å². The van der Waals surface area contributed by atoms with Crippen LogP contribution >= 0.6 is 11.3 Å². The molecule has 4 rings (SSSR count). The lowest BCUT2D eigenvalue weighted by atomic mass is 9.84. The maximum Gasteiger partial charge on any atom is 0.418 e. The molecule has 0 bridgehead atoms. The van der Waals surface area contributed by atoms with E-state index in [9.17, 15) is 22.8 Å². The second-order valence-electron chi connectivity index (χ2n) is 10.5. The number of aromatic nitrogens is 2. The highest BCUT2D eigenvalue weighted by Crippen LogP contribution is 2.33. The zero-order valence-corrected chi connectivity index (χ0v) is 26.8. The molecule has 1 unspecified atom stereocenters. The average molecular weight is 692 g/mol. The molecule has 252 valence electrons. The van der Waals surface area contributed by atoms with Gasteiger partial charge in [-0.05, 0) is 37.6 Å². The molecule has 3 amide bonds. The monoisotopic (exact) mass is 691 g/mol. The van der Waals surface area contributed by atoms with Crippen LogP contribution in [0.5, 0.6) is 5.75 Å². The van der Waals surface area contributed by atoms with Crippen LogP contribution in [-0.2, 0) is 29.1 Å². The molecule has 1 fully saturated rings. The number of oxime groups is 1. The van der Waals surface area contributed by atoms with Gasteiger partial charge in [-0.3, -0.25) is 23.9 Å². The van der Waals surface area contributed by atoms with E-state index in [-0.39, 0.29) is 60.5 Å². The first-order valence-corrected chi connectivity index (χ1v) is 16.1. The van der Waals surface area contributed by atoms with E-state index in [1.165, 1.54) is 19.2 Å². The lowest BCUT2D eigenvalue weighted by Crippen LogP contribution is -2.76. The van der Waals surface area contributed by atoms with Gasteiger partial charge in [-0.25, -0.2) is 4.98 Å². The maximum absolute atomic E-state index is 13.1. The average Bonchev–Trinajstić information content (AvgIpc) is 3.48. The van der Waals surface area contributed by atoms with Crippen molar-refractivity contribution >= 4 is 50.3 Å². The highest BCUT2D eigenvalue weighted by molar-refractivity contribution is 7.80. The van der Waals surface area contributed by atoms with Crippen LogP contribution < -0.4 is 32.6 Å². The third kappa shape index (κ3) is 8.75. The number of hydroxylamine groups is 2. The van der Waals surface area contributed by atoms with Crippen molar-refractivity contribution in [1.82, 2.24) is 25.7 Å². The molecular weight excluding hydrogens is 658 g/mol. The first kappa shape index (κ1) is 35.1. The van der Waals surface area contributed by atoms with Crippen molar-refractivity contribution in [3.05, 3.63) is 59.4 Å². The second kappa shape index (κ2) is 14.8. The molecule has 1 aliphatic rings. The quantitative estimate of drug-likeness (QED) is 0.0383. The molecule has 18 nitrogen and oxygen atoms in total. The summed E-state index contributed by atoms with van der Waals surface area (Å²) in [7, 11) is -4.96. The smallest absolute Gasteiger partial charge is 0.418 e. The zero-order valence-electron chi connectivity index (χ0n) is 25.2. The summed E-state index contributed by atoms with van der Waals surface area (Å²) in [6, 6.07) is 8.89. The molecule has 1 atom stereocenters. The Balaban J connectivity index is 1.32. The molecule has 20 heteroatoms. The van der Waals surface area contributed by atoms with Crippen LogP contribution in [0.4, 0.5) is 5.13 Å². The largest absolute Gasteiger partial charge is 0.490 e. The summed E-state index contributed by atoms with van der Waals surface area (Å²) >= 11 is 1.05. The van der Waals surface area contributed by atoms with Crippen molar-refractivity contribution in [2.75, 3.05) is 32.0 Å². The summed E-state index contributed by atoms with van der Waals surface area (Å²) < 4.78 is 41.0. The van der Waals surface area contributed by atoms with Crippen LogP contribution in [0.15, 0.2) is 53.1 Å². The molecule has 0 aliphatic carbocycles. The normalized spacial score (nSPS) is 16.0. The van der Waals surface area contributed by atoms with Gasteiger partial charge in [0.25, 0.3) is 17.7 Å². The second-order valence-corrected chi connectivity index (χ2v) is 12.4. The van der Waals surface area contributed by atoms with Gasteiger partial charge in [0.15, 0.2) is 17.5 Å². The molecule has 1 saturated heterocycles. The number of nitrogens with two attached hydrogens (primary N) is 3. The van der Waals surface area contributed by atoms with Gasteiger partial charge < -0.3 is 37.4 Å². The van der Waals surface area contributed by atoms with Crippen molar-refractivity contribution < 1.29 is 41.2 Å². The van der Waals surface area contributed by atoms with E-state index in [4.69, 9.17) is 31.3 Å². The molecule has 3 aromatic rings. The summed E-state index contributed by atoms with van der Waals surface area (Å²) in [5.74, 6) is -1.62. The number of rotatable bonds is 15. The maximum atomic E-state index is 13.1. The van der Waals surface area contributed by atoms with E-state index in [1.54, 1.807) is 30.5 Å². The SMILES string of the molecule is CC1(C)C(NC(=O)/C(=N\OCCOc2ccc(-c3ccc(C(=O)NC(CN)CN)nc3)cc2)c2csc(N)n2)C(=O)N1OS(=O)(=O)O. The molecule has 1 aliphatic heterocycles. The lowest BCUT2D eigenvalue weighted by molar-refractivity contribution is -0.218. The summed E-state index contributed by atoms with van der Waals surface area (Å²) in [5.41, 5.74) is 17.1. The summed E-state index contributed by atoms with van der Waals surface area (Å²) in [5, 5.41) is 11.1. The molecule has 47 heavy (non-hydrogen) atoms. The third-order valence-corrected chi connectivity index (χ3v) is 7.80. The number of anilines is 1. The number of β-lactam (4-membered cyclic amide) rings is 1. The topological polar surface area (TPSA) is 277 Å². The highest BCUT2D eigenvalue weighted by atomic mass is 32.3. The predicted molar refractivity (Wildman–Crippen MR) is 169 cm³/mol. The number of thiazole rings is 1. The third-order valence-electron chi connectivity index (χ3n) is 6.79. The Morgan fingerprint density at radius 1 is 1.11 bits per heavy atom. The van der Waals surface area contributed by atoms with Crippen molar-refractivity contribution in [3.8, 4) is 16.9 Å². The number of hydrogen-bond acceptors (Lipinski definition) is 15. The zero-order chi connectivity index (χ0) is 34.4. The molecule has 2 aromatic heterocycles. The number of nitrogens with one attached hydrogen (secondary N) is 2. The Labute approximate surface area is 273 Å². The van der Waals surface area contributed by atoms with Crippen LogP contribution in [0, 0.1) is 0 Å². The van der Waals surface area contributed by atoms with E-state index >= 15 is 0 Å². The predicted octanol–water partition coefficient (Wildman–Crippen LogP) is -0.557.